The molecule has 23 heavy (non-hydrogen) atoms. The van der Waals surface area contributed by atoms with E-state index in [-0.39, 0.29) is 6.04 Å². The molecule has 0 unspecified atom stereocenters. The molecule has 2 heterocycles. The summed E-state index contributed by atoms with van der Waals surface area (Å²) in [5.74, 6) is -0.390. The molecule has 3 atom stereocenters. The summed E-state index contributed by atoms with van der Waals surface area (Å²) in [6.45, 7) is 1.76. The Bertz CT molecular complexity index is 688. The molecule has 0 saturated carbocycles. The highest BCUT2D eigenvalue weighted by molar-refractivity contribution is 6.31. The van der Waals surface area contributed by atoms with Gasteiger partial charge in [0.15, 0.2) is 5.15 Å². The smallest absolute Gasteiger partial charge is 0.303 e. The summed E-state index contributed by atoms with van der Waals surface area (Å²) in [4.78, 5) is 11.2. The van der Waals surface area contributed by atoms with Crippen LogP contribution in [0.5, 0.6) is 0 Å². The SMILES string of the molecule is CC(=O)O[C@@H]1[C@@H](O)CN[C@@H]1Cc1ccc(-c2n[nH]nc2Cl)cc1. The Balaban J connectivity index is 1.71. The van der Waals surface area contributed by atoms with Gasteiger partial charge in [-0.15, -0.1) is 5.10 Å². The second-order valence-electron chi connectivity index (χ2n) is 5.52. The molecule has 1 aliphatic heterocycles. The molecule has 0 spiro atoms. The van der Waals surface area contributed by atoms with E-state index >= 15 is 0 Å². The van der Waals surface area contributed by atoms with Gasteiger partial charge < -0.3 is 15.2 Å². The van der Waals surface area contributed by atoms with Crippen LogP contribution in [0.2, 0.25) is 5.15 Å². The topological polar surface area (TPSA) is 100 Å². The van der Waals surface area contributed by atoms with Crippen molar-refractivity contribution in [3.05, 3.63) is 35.0 Å². The molecule has 1 saturated heterocycles. The van der Waals surface area contributed by atoms with E-state index in [9.17, 15) is 9.90 Å². The van der Waals surface area contributed by atoms with Crippen LogP contribution in [-0.4, -0.2) is 51.3 Å². The Labute approximate surface area is 138 Å². The van der Waals surface area contributed by atoms with E-state index in [1.165, 1.54) is 6.92 Å². The van der Waals surface area contributed by atoms with Crippen molar-refractivity contribution in [2.75, 3.05) is 6.54 Å². The number of nitrogens with one attached hydrogen (secondary N) is 2. The van der Waals surface area contributed by atoms with Crippen molar-refractivity contribution in [1.82, 2.24) is 20.7 Å². The maximum atomic E-state index is 11.2. The molecule has 122 valence electrons. The Morgan fingerprint density at radius 2 is 2.13 bits per heavy atom. The monoisotopic (exact) mass is 336 g/mol. The summed E-state index contributed by atoms with van der Waals surface area (Å²) in [5, 5.41) is 23.7. The first-order valence-electron chi connectivity index (χ1n) is 7.29. The van der Waals surface area contributed by atoms with Crippen molar-refractivity contribution < 1.29 is 14.6 Å². The van der Waals surface area contributed by atoms with Crippen LogP contribution >= 0.6 is 11.6 Å². The third-order valence-corrected chi connectivity index (χ3v) is 4.12. The number of hydrogen-bond donors (Lipinski definition) is 3. The van der Waals surface area contributed by atoms with Gasteiger partial charge in [0.25, 0.3) is 0 Å². The van der Waals surface area contributed by atoms with Crippen LogP contribution in [0.3, 0.4) is 0 Å². The fourth-order valence-electron chi connectivity index (χ4n) is 2.77. The summed E-state index contributed by atoms with van der Waals surface area (Å²) in [6.07, 6.45) is -0.573. The number of aromatic nitrogens is 3. The van der Waals surface area contributed by atoms with Gasteiger partial charge in [-0.3, -0.25) is 4.79 Å². The van der Waals surface area contributed by atoms with Crippen LogP contribution in [0.1, 0.15) is 12.5 Å². The lowest BCUT2D eigenvalue weighted by molar-refractivity contribution is -0.151. The molecule has 7 nitrogen and oxygen atoms in total. The number of hydrogen-bond acceptors (Lipinski definition) is 6. The molecule has 1 fully saturated rings. The quantitative estimate of drug-likeness (QED) is 0.718. The number of rotatable bonds is 4. The van der Waals surface area contributed by atoms with E-state index in [1.54, 1.807) is 0 Å². The number of benzene rings is 1. The lowest BCUT2D eigenvalue weighted by atomic mass is 10.00. The Morgan fingerprint density at radius 1 is 1.39 bits per heavy atom. The Hall–Kier alpha value is -1.96. The number of aliphatic hydroxyl groups excluding tert-OH is 1. The molecule has 2 aromatic rings. The van der Waals surface area contributed by atoms with Crippen molar-refractivity contribution in [3.63, 3.8) is 0 Å². The van der Waals surface area contributed by atoms with Gasteiger partial charge in [0.2, 0.25) is 0 Å². The van der Waals surface area contributed by atoms with Gasteiger partial charge in [0.05, 0.1) is 6.04 Å². The van der Waals surface area contributed by atoms with Crippen LogP contribution in [0, 0.1) is 0 Å². The number of β-amino-alcohol motifs (C(OH)–C–C–N with tert-alkyl or cyclic N) is 1. The first-order valence-corrected chi connectivity index (χ1v) is 7.66. The van der Waals surface area contributed by atoms with Gasteiger partial charge >= 0.3 is 5.97 Å². The summed E-state index contributed by atoms with van der Waals surface area (Å²) in [7, 11) is 0. The van der Waals surface area contributed by atoms with Crippen LogP contribution in [-0.2, 0) is 16.0 Å². The second kappa shape index (κ2) is 6.66. The highest BCUT2D eigenvalue weighted by Gasteiger charge is 2.37. The van der Waals surface area contributed by atoms with Crippen LogP contribution in [0.15, 0.2) is 24.3 Å². The first-order chi connectivity index (χ1) is 11.0. The third-order valence-electron chi connectivity index (χ3n) is 3.86. The highest BCUT2D eigenvalue weighted by Crippen LogP contribution is 2.24. The zero-order valence-corrected chi connectivity index (χ0v) is 13.2. The Morgan fingerprint density at radius 3 is 2.74 bits per heavy atom. The maximum absolute atomic E-state index is 11.2. The minimum absolute atomic E-state index is 0.115. The van der Waals surface area contributed by atoms with Gasteiger partial charge in [-0.1, -0.05) is 35.9 Å². The van der Waals surface area contributed by atoms with Gasteiger partial charge in [0.1, 0.15) is 17.9 Å². The minimum Gasteiger partial charge on any atom is -0.458 e. The predicted molar refractivity (Wildman–Crippen MR) is 83.9 cm³/mol. The van der Waals surface area contributed by atoms with E-state index in [2.05, 4.69) is 20.7 Å². The molecule has 1 aliphatic rings. The molecule has 0 amide bonds. The summed E-state index contributed by atoms with van der Waals surface area (Å²) in [6, 6.07) is 7.61. The predicted octanol–water partition coefficient (Wildman–Crippen LogP) is 0.932. The van der Waals surface area contributed by atoms with Gasteiger partial charge in [0, 0.05) is 19.0 Å². The number of carbonyl (C=O) groups is 1. The van der Waals surface area contributed by atoms with E-state index in [0.717, 1.165) is 11.1 Å². The standard InChI is InChI=1S/C15H17ClN4O3/c1-8(21)23-14-11(17-7-12(14)22)6-9-2-4-10(5-3-9)13-15(16)19-20-18-13/h2-5,11-12,14,17,22H,6-7H2,1H3,(H,18,19,20)/t11-,12+,14+/m1/s1. The molecule has 1 aromatic heterocycles. The van der Waals surface area contributed by atoms with Gasteiger partial charge in [-0.05, 0) is 12.0 Å². The van der Waals surface area contributed by atoms with Crippen molar-refractivity contribution in [2.24, 2.45) is 0 Å². The van der Waals surface area contributed by atoms with E-state index in [0.29, 0.717) is 23.8 Å². The number of ether oxygens (including phenoxy) is 1. The van der Waals surface area contributed by atoms with E-state index in [1.807, 2.05) is 24.3 Å². The average molecular weight is 337 g/mol. The minimum atomic E-state index is -0.683. The molecule has 3 rings (SSSR count). The number of aromatic amines is 1. The average Bonchev–Trinajstić information content (AvgIpc) is 3.08. The van der Waals surface area contributed by atoms with Gasteiger partial charge in [-0.2, -0.15) is 10.3 Å². The number of esters is 1. The van der Waals surface area contributed by atoms with Crippen LogP contribution in [0.25, 0.3) is 11.3 Å². The molecule has 8 heteroatoms. The number of halogens is 1. The first kappa shape index (κ1) is 15.9. The van der Waals surface area contributed by atoms with Crippen molar-refractivity contribution in [1.29, 1.82) is 0 Å². The van der Waals surface area contributed by atoms with Gasteiger partial charge in [-0.25, -0.2) is 0 Å². The highest BCUT2D eigenvalue weighted by atomic mass is 35.5. The fraction of sp³-hybridized carbons (Fsp3) is 0.400. The van der Waals surface area contributed by atoms with Crippen molar-refractivity contribution in [3.8, 4) is 11.3 Å². The largest absolute Gasteiger partial charge is 0.458 e. The maximum Gasteiger partial charge on any atom is 0.303 e. The van der Waals surface area contributed by atoms with E-state index in [4.69, 9.17) is 16.3 Å². The normalized spacial score (nSPS) is 23.9. The lowest BCUT2D eigenvalue weighted by Crippen LogP contribution is -2.38. The van der Waals surface area contributed by atoms with Crippen LogP contribution in [0.4, 0.5) is 0 Å². The molecule has 1 aromatic carbocycles. The lowest BCUT2D eigenvalue weighted by Gasteiger charge is -2.21. The molecule has 0 aliphatic carbocycles. The number of carbonyl (C=O) groups excluding carboxylic acids is 1. The molecule has 0 radical (unpaired) electrons. The number of H-pyrrole nitrogens is 1. The van der Waals surface area contributed by atoms with Crippen molar-refractivity contribution >= 4 is 17.6 Å². The van der Waals surface area contributed by atoms with E-state index < -0.39 is 18.2 Å². The third kappa shape index (κ3) is 3.52. The molecular formula is C15H17ClN4O3. The Kier molecular flexibility index (Phi) is 4.61. The number of nitrogens with zero attached hydrogens (tertiary/aromatic N) is 2. The second-order valence-corrected chi connectivity index (χ2v) is 5.88. The summed E-state index contributed by atoms with van der Waals surface area (Å²) < 4.78 is 5.22. The van der Waals surface area contributed by atoms with Crippen LogP contribution < -0.4 is 5.32 Å². The molecular weight excluding hydrogens is 320 g/mol. The number of aliphatic hydroxyl groups is 1. The molecule has 0 bridgehead atoms. The molecule has 3 N–H and O–H groups in total. The fourth-order valence-corrected chi connectivity index (χ4v) is 2.96. The zero-order valence-electron chi connectivity index (χ0n) is 12.5. The zero-order chi connectivity index (χ0) is 16.4. The summed E-state index contributed by atoms with van der Waals surface area (Å²) in [5.41, 5.74) is 2.52. The summed E-state index contributed by atoms with van der Waals surface area (Å²) >= 11 is 5.94. The van der Waals surface area contributed by atoms with Crippen molar-refractivity contribution in [2.45, 2.75) is 31.6 Å².